The molecule has 0 aromatic carbocycles. The van der Waals surface area contributed by atoms with Gasteiger partial charge in [-0.1, -0.05) is 6.92 Å². The topological polar surface area (TPSA) is 63.6 Å². The van der Waals surface area contributed by atoms with E-state index in [1.165, 1.54) is 0 Å². The van der Waals surface area contributed by atoms with Gasteiger partial charge < -0.3 is 9.55 Å². The number of nitrogens with zero attached hydrogens (tertiary/aromatic N) is 3. The molecule has 18 heavy (non-hydrogen) atoms. The smallest absolute Gasteiger partial charge is 0.254 e. The van der Waals surface area contributed by atoms with Crippen LogP contribution in [0.4, 0.5) is 0 Å². The average molecular weight is 244 g/mol. The molecule has 5 nitrogen and oxygen atoms in total. The van der Waals surface area contributed by atoms with Gasteiger partial charge in [0.05, 0.1) is 18.2 Å². The number of imidazole rings is 1. The quantitative estimate of drug-likeness (QED) is 0.890. The zero-order valence-corrected chi connectivity index (χ0v) is 10.4. The van der Waals surface area contributed by atoms with Crippen LogP contribution < -0.4 is 5.56 Å². The predicted molar refractivity (Wildman–Crippen MR) is 68.4 cm³/mol. The number of nitrogens with one attached hydrogen (secondary N) is 1. The van der Waals surface area contributed by atoms with Gasteiger partial charge in [-0.2, -0.15) is 0 Å². The number of H-pyrrole nitrogens is 1. The third-order valence-corrected chi connectivity index (χ3v) is 3.36. The second kappa shape index (κ2) is 4.40. The first kappa shape index (κ1) is 11.2. The van der Waals surface area contributed by atoms with E-state index in [1.807, 2.05) is 4.57 Å². The summed E-state index contributed by atoms with van der Waals surface area (Å²) >= 11 is 0. The fourth-order valence-electron chi connectivity index (χ4n) is 2.50. The van der Waals surface area contributed by atoms with Crippen LogP contribution in [-0.4, -0.2) is 19.5 Å². The van der Waals surface area contributed by atoms with Gasteiger partial charge in [0.2, 0.25) is 0 Å². The van der Waals surface area contributed by atoms with E-state index in [2.05, 4.69) is 21.9 Å². The van der Waals surface area contributed by atoms with E-state index in [-0.39, 0.29) is 5.56 Å². The lowest BCUT2D eigenvalue weighted by Gasteiger charge is -2.07. The zero-order chi connectivity index (χ0) is 12.5. The fraction of sp³-hybridized carbons (Fsp3) is 0.462. The molecule has 0 spiro atoms. The van der Waals surface area contributed by atoms with E-state index in [4.69, 9.17) is 0 Å². The van der Waals surface area contributed by atoms with E-state index < -0.39 is 0 Å². The van der Waals surface area contributed by atoms with Crippen molar-refractivity contribution in [2.45, 2.75) is 39.2 Å². The van der Waals surface area contributed by atoms with E-state index in [1.54, 1.807) is 12.5 Å². The van der Waals surface area contributed by atoms with Crippen molar-refractivity contribution in [3.8, 4) is 11.5 Å². The summed E-state index contributed by atoms with van der Waals surface area (Å²) in [5.41, 5.74) is 2.72. The fourth-order valence-corrected chi connectivity index (χ4v) is 2.50. The molecule has 1 aliphatic carbocycles. The Hall–Kier alpha value is -1.91. The Balaban J connectivity index is 2.09. The van der Waals surface area contributed by atoms with Gasteiger partial charge in [0.15, 0.2) is 5.82 Å². The van der Waals surface area contributed by atoms with E-state index in [9.17, 15) is 4.79 Å². The molecule has 3 rings (SSSR count). The summed E-state index contributed by atoms with van der Waals surface area (Å²) < 4.78 is 2.03. The second-order valence-electron chi connectivity index (χ2n) is 4.67. The lowest BCUT2D eigenvalue weighted by Crippen LogP contribution is -2.16. The van der Waals surface area contributed by atoms with E-state index in [0.29, 0.717) is 5.82 Å². The SMILES string of the molecule is CCCn1cncc1-c1nc2c(c(=O)[nH]1)CCC2. The molecule has 2 aromatic rings. The van der Waals surface area contributed by atoms with E-state index >= 15 is 0 Å². The maximum Gasteiger partial charge on any atom is 0.254 e. The van der Waals surface area contributed by atoms with Crippen molar-refractivity contribution in [2.24, 2.45) is 0 Å². The van der Waals surface area contributed by atoms with Crippen LogP contribution in [-0.2, 0) is 19.4 Å². The Morgan fingerprint density at radius 3 is 3.17 bits per heavy atom. The summed E-state index contributed by atoms with van der Waals surface area (Å²) in [4.78, 5) is 23.6. The van der Waals surface area contributed by atoms with Crippen molar-refractivity contribution < 1.29 is 0 Å². The highest BCUT2D eigenvalue weighted by Gasteiger charge is 2.18. The van der Waals surface area contributed by atoms with Crippen LogP contribution in [0.3, 0.4) is 0 Å². The molecule has 5 heteroatoms. The van der Waals surface area contributed by atoms with Crippen molar-refractivity contribution in [1.29, 1.82) is 0 Å². The largest absolute Gasteiger partial charge is 0.328 e. The van der Waals surface area contributed by atoms with Crippen molar-refractivity contribution in [3.63, 3.8) is 0 Å². The minimum Gasteiger partial charge on any atom is -0.328 e. The second-order valence-corrected chi connectivity index (χ2v) is 4.67. The monoisotopic (exact) mass is 244 g/mol. The van der Waals surface area contributed by atoms with Crippen molar-refractivity contribution in [3.05, 3.63) is 34.1 Å². The number of aromatic nitrogens is 4. The van der Waals surface area contributed by atoms with Crippen LogP contribution in [0.15, 0.2) is 17.3 Å². The Kier molecular flexibility index (Phi) is 2.74. The number of fused-ring (bicyclic) bond motifs is 1. The molecule has 0 radical (unpaired) electrons. The average Bonchev–Trinajstić information content (AvgIpc) is 2.97. The van der Waals surface area contributed by atoms with Gasteiger partial charge in [-0.15, -0.1) is 0 Å². The summed E-state index contributed by atoms with van der Waals surface area (Å²) in [5, 5.41) is 0. The summed E-state index contributed by atoms with van der Waals surface area (Å²) in [6, 6.07) is 0. The molecule has 0 saturated carbocycles. The van der Waals surface area contributed by atoms with Crippen LogP contribution in [0.2, 0.25) is 0 Å². The molecule has 0 atom stereocenters. The zero-order valence-electron chi connectivity index (χ0n) is 10.4. The molecule has 1 N–H and O–H groups in total. The molecule has 2 heterocycles. The molecular formula is C13H16N4O. The highest BCUT2D eigenvalue weighted by molar-refractivity contribution is 5.49. The standard InChI is InChI=1S/C13H16N4O/c1-2-6-17-8-14-7-11(17)12-15-10-5-3-4-9(10)13(18)16-12/h7-8H,2-6H2,1H3,(H,15,16,18). The van der Waals surface area contributed by atoms with Crippen molar-refractivity contribution in [1.82, 2.24) is 19.5 Å². The van der Waals surface area contributed by atoms with E-state index in [0.717, 1.165) is 49.2 Å². The normalized spacial score (nSPS) is 13.8. The molecule has 0 fully saturated rings. The lowest BCUT2D eigenvalue weighted by atomic mass is 10.2. The Bertz CT molecular complexity index is 626. The summed E-state index contributed by atoms with van der Waals surface area (Å²) in [5.74, 6) is 0.645. The third kappa shape index (κ3) is 1.75. The third-order valence-electron chi connectivity index (χ3n) is 3.36. The molecule has 0 amide bonds. The summed E-state index contributed by atoms with van der Waals surface area (Å²) in [6.07, 6.45) is 7.36. The summed E-state index contributed by atoms with van der Waals surface area (Å²) in [6.45, 7) is 3.00. The van der Waals surface area contributed by atoms with Gasteiger partial charge in [-0.3, -0.25) is 4.79 Å². The van der Waals surface area contributed by atoms with Crippen molar-refractivity contribution in [2.75, 3.05) is 0 Å². The van der Waals surface area contributed by atoms with Crippen LogP contribution in [0.5, 0.6) is 0 Å². The molecule has 0 unspecified atom stereocenters. The van der Waals surface area contributed by atoms with Crippen LogP contribution in [0, 0.1) is 0 Å². The van der Waals surface area contributed by atoms with Crippen molar-refractivity contribution >= 4 is 0 Å². The Labute approximate surface area is 105 Å². The predicted octanol–water partition coefficient (Wildman–Crippen LogP) is 1.53. The number of hydrogen-bond acceptors (Lipinski definition) is 3. The van der Waals surface area contributed by atoms with Gasteiger partial charge >= 0.3 is 0 Å². The minimum atomic E-state index is 0.0109. The molecule has 0 aliphatic heterocycles. The van der Waals surface area contributed by atoms with Crippen LogP contribution >= 0.6 is 0 Å². The van der Waals surface area contributed by atoms with Crippen LogP contribution in [0.25, 0.3) is 11.5 Å². The first-order valence-electron chi connectivity index (χ1n) is 6.42. The number of aromatic amines is 1. The first-order chi connectivity index (χ1) is 8.79. The molecule has 0 saturated heterocycles. The maximum absolute atomic E-state index is 12.0. The molecule has 94 valence electrons. The van der Waals surface area contributed by atoms with Gasteiger partial charge in [0.1, 0.15) is 5.69 Å². The molecule has 2 aromatic heterocycles. The minimum absolute atomic E-state index is 0.0109. The lowest BCUT2D eigenvalue weighted by molar-refractivity contribution is 0.680. The number of rotatable bonds is 3. The summed E-state index contributed by atoms with van der Waals surface area (Å²) in [7, 11) is 0. The highest BCUT2D eigenvalue weighted by Crippen LogP contribution is 2.20. The Morgan fingerprint density at radius 2 is 2.33 bits per heavy atom. The van der Waals surface area contributed by atoms with Crippen LogP contribution in [0.1, 0.15) is 31.0 Å². The Morgan fingerprint density at radius 1 is 1.44 bits per heavy atom. The van der Waals surface area contributed by atoms with Gasteiger partial charge in [0, 0.05) is 12.1 Å². The molecule has 0 bridgehead atoms. The van der Waals surface area contributed by atoms with Gasteiger partial charge in [-0.25, -0.2) is 9.97 Å². The first-order valence-corrected chi connectivity index (χ1v) is 6.42. The molecule has 1 aliphatic rings. The van der Waals surface area contributed by atoms with Gasteiger partial charge in [-0.05, 0) is 25.7 Å². The molecular weight excluding hydrogens is 228 g/mol. The van der Waals surface area contributed by atoms with Gasteiger partial charge in [0.25, 0.3) is 5.56 Å². The highest BCUT2D eigenvalue weighted by atomic mass is 16.1. The number of aryl methyl sites for hydroxylation is 2. The number of hydrogen-bond donors (Lipinski definition) is 1. The maximum atomic E-state index is 12.0.